The van der Waals surface area contributed by atoms with Crippen LogP contribution >= 0.6 is 0 Å². The third kappa shape index (κ3) is 5.21. The van der Waals surface area contributed by atoms with Gasteiger partial charge >= 0.3 is 5.97 Å². The van der Waals surface area contributed by atoms with Gasteiger partial charge in [0.1, 0.15) is 6.10 Å². The Kier molecular flexibility index (Phi) is 5.96. The summed E-state index contributed by atoms with van der Waals surface area (Å²) in [6.07, 6.45) is 2.29. The molecule has 0 saturated carbocycles. The molecule has 114 valence electrons. The lowest BCUT2D eigenvalue weighted by atomic mass is 10.0. The molecule has 2 aromatic rings. The van der Waals surface area contributed by atoms with Crippen LogP contribution < -0.4 is 0 Å². The second kappa shape index (κ2) is 8.18. The van der Waals surface area contributed by atoms with Crippen molar-refractivity contribution in [2.45, 2.75) is 32.3 Å². The molecule has 2 aromatic carbocycles. The molecule has 0 aliphatic carbocycles. The van der Waals surface area contributed by atoms with Crippen LogP contribution in [0.2, 0.25) is 0 Å². The minimum Gasteiger partial charge on any atom is -0.459 e. The van der Waals surface area contributed by atoms with Crippen LogP contribution in [0.25, 0.3) is 0 Å². The first-order chi connectivity index (χ1) is 10.6. The molecule has 0 saturated heterocycles. The number of carbonyl (C=O) groups excluding carboxylic acids is 1. The number of hydrogen-bond donors (Lipinski definition) is 0. The summed E-state index contributed by atoms with van der Waals surface area (Å²) in [5.74, 6) is -0.311. The van der Waals surface area contributed by atoms with Crippen LogP contribution in [0.4, 0.5) is 0 Å². The van der Waals surface area contributed by atoms with Crippen molar-refractivity contribution in [2.24, 2.45) is 0 Å². The summed E-state index contributed by atoms with van der Waals surface area (Å²) >= 11 is 0. The minimum atomic E-state index is -0.311. The Morgan fingerprint density at radius 3 is 2.09 bits per heavy atom. The van der Waals surface area contributed by atoms with E-state index in [1.807, 2.05) is 36.4 Å². The molecule has 0 aliphatic heterocycles. The fourth-order valence-electron chi connectivity index (χ4n) is 2.30. The highest BCUT2D eigenvalue weighted by Crippen LogP contribution is 2.14. The SMILES string of the molecule is C=C(C)C(=O)OC(CCc1ccccc1)Cc1ccccc1. The van der Waals surface area contributed by atoms with Gasteiger partial charge in [-0.1, -0.05) is 67.2 Å². The molecule has 1 unspecified atom stereocenters. The third-order valence-corrected chi connectivity index (χ3v) is 3.53. The van der Waals surface area contributed by atoms with Crippen molar-refractivity contribution in [3.63, 3.8) is 0 Å². The lowest BCUT2D eigenvalue weighted by Gasteiger charge is -2.18. The molecule has 0 bridgehead atoms. The zero-order valence-electron chi connectivity index (χ0n) is 13.0. The largest absolute Gasteiger partial charge is 0.459 e. The molecule has 0 radical (unpaired) electrons. The van der Waals surface area contributed by atoms with Gasteiger partial charge in [-0.2, -0.15) is 0 Å². The van der Waals surface area contributed by atoms with Gasteiger partial charge in [0, 0.05) is 12.0 Å². The lowest BCUT2D eigenvalue weighted by Crippen LogP contribution is -2.22. The van der Waals surface area contributed by atoms with Crippen molar-refractivity contribution in [3.05, 3.63) is 83.9 Å². The average Bonchev–Trinajstić information content (AvgIpc) is 2.54. The first-order valence-electron chi connectivity index (χ1n) is 7.59. The summed E-state index contributed by atoms with van der Waals surface area (Å²) in [6.45, 7) is 5.34. The summed E-state index contributed by atoms with van der Waals surface area (Å²) in [6, 6.07) is 20.4. The number of aryl methyl sites for hydroxylation is 1. The molecule has 1 atom stereocenters. The molecule has 2 nitrogen and oxygen atoms in total. The first kappa shape index (κ1) is 16.0. The van der Waals surface area contributed by atoms with Crippen molar-refractivity contribution < 1.29 is 9.53 Å². The van der Waals surface area contributed by atoms with Gasteiger partial charge < -0.3 is 4.74 Å². The lowest BCUT2D eigenvalue weighted by molar-refractivity contribution is -0.144. The molecule has 2 rings (SSSR count). The zero-order chi connectivity index (χ0) is 15.8. The normalized spacial score (nSPS) is 11.7. The number of ether oxygens (including phenoxy) is 1. The Labute approximate surface area is 132 Å². The standard InChI is InChI=1S/C20H22O2/c1-16(2)20(21)22-19(15-18-11-7-4-8-12-18)14-13-17-9-5-3-6-10-17/h3-12,19H,1,13-15H2,2H3. The van der Waals surface area contributed by atoms with Crippen LogP contribution in [0, 0.1) is 0 Å². The van der Waals surface area contributed by atoms with E-state index in [0.29, 0.717) is 5.57 Å². The van der Waals surface area contributed by atoms with E-state index in [4.69, 9.17) is 4.74 Å². The highest BCUT2D eigenvalue weighted by atomic mass is 16.5. The van der Waals surface area contributed by atoms with Crippen molar-refractivity contribution in [1.82, 2.24) is 0 Å². The number of hydrogen-bond acceptors (Lipinski definition) is 2. The quantitative estimate of drug-likeness (QED) is 0.560. The fourth-order valence-corrected chi connectivity index (χ4v) is 2.30. The van der Waals surface area contributed by atoms with Gasteiger partial charge in [-0.25, -0.2) is 4.79 Å². The van der Waals surface area contributed by atoms with E-state index in [9.17, 15) is 4.79 Å². The number of carbonyl (C=O) groups is 1. The van der Waals surface area contributed by atoms with Gasteiger partial charge in [-0.15, -0.1) is 0 Å². The predicted molar refractivity (Wildman–Crippen MR) is 89.6 cm³/mol. The van der Waals surface area contributed by atoms with Crippen LogP contribution in [0.5, 0.6) is 0 Å². The molecule has 2 heteroatoms. The van der Waals surface area contributed by atoms with E-state index in [1.54, 1.807) is 6.92 Å². The maximum atomic E-state index is 11.8. The molecule has 0 aliphatic rings. The Morgan fingerprint density at radius 1 is 1.00 bits per heavy atom. The average molecular weight is 294 g/mol. The Balaban J connectivity index is 2.00. The number of benzene rings is 2. The Bertz CT molecular complexity index is 602. The van der Waals surface area contributed by atoms with Crippen LogP contribution in [0.1, 0.15) is 24.5 Å². The van der Waals surface area contributed by atoms with Gasteiger partial charge in [0.05, 0.1) is 0 Å². The van der Waals surface area contributed by atoms with E-state index >= 15 is 0 Å². The number of rotatable bonds is 7. The van der Waals surface area contributed by atoms with Gasteiger partial charge in [0.25, 0.3) is 0 Å². The van der Waals surface area contributed by atoms with E-state index in [-0.39, 0.29) is 12.1 Å². The molecule has 0 spiro atoms. The molecule has 0 heterocycles. The Hall–Kier alpha value is -2.35. The molecular weight excluding hydrogens is 272 g/mol. The van der Waals surface area contributed by atoms with Crippen molar-refractivity contribution in [1.29, 1.82) is 0 Å². The summed E-state index contributed by atoms with van der Waals surface area (Å²) in [7, 11) is 0. The van der Waals surface area contributed by atoms with Crippen molar-refractivity contribution in [3.8, 4) is 0 Å². The predicted octanol–water partition coefficient (Wildman–Crippen LogP) is 4.35. The second-order valence-corrected chi connectivity index (χ2v) is 5.52. The van der Waals surface area contributed by atoms with E-state index in [1.165, 1.54) is 11.1 Å². The molecular formula is C20H22O2. The van der Waals surface area contributed by atoms with Gasteiger partial charge in [0.2, 0.25) is 0 Å². The van der Waals surface area contributed by atoms with Gasteiger partial charge in [-0.05, 0) is 30.9 Å². The highest BCUT2D eigenvalue weighted by molar-refractivity contribution is 5.87. The zero-order valence-corrected chi connectivity index (χ0v) is 13.0. The van der Waals surface area contributed by atoms with Crippen LogP contribution in [0.15, 0.2) is 72.8 Å². The summed E-state index contributed by atoms with van der Waals surface area (Å²) < 4.78 is 5.60. The summed E-state index contributed by atoms with van der Waals surface area (Å²) in [4.78, 5) is 11.8. The molecule has 0 N–H and O–H groups in total. The van der Waals surface area contributed by atoms with Gasteiger partial charge in [0.15, 0.2) is 0 Å². The highest BCUT2D eigenvalue weighted by Gasteiger charge is 2.15. The smallest absolute Gasteiger partial charge is 0.333 e. The molecule has 0 amide bonds. The van der Waals surface area contributed by atoms with Gasteiger partial charge in [-0.3, -0.25) is 0 Å². The summed E-state index contributed by atoms with van der Waals surface area (Å²) in [5, 5.41) is 0. The number of esters is 1. The second-order valence-electron chi connectivity index (χ2n) is 5.52. The molecule has 0 aromatic heterocycles. The monoisotopic (exact) mass is 294 g/mol. The topological polar surface area (TPSA) is 26.3 Å². The molecule has 22 heavy (non-hydrogen) atoms. The van der Waals surface area contributed by atoms with Crippen LogP contribution in [-0.2, 0) is 22.4 Å². The first-order valence-corrected chi connectivity index (χ1v) is 7.59. The van der Waals surface area contributed by atoms with E-state index in [2.05, 4.69) is 30.8 Å². The minimum absolute atomic E-state index is 0.133. The Morgan fingerprint density at radius 2 is 1.55 bits per heavy atom. The van der Waals surface area contributed by atoms with Crippen LogP contribution in [-0.4, -0.2) is 12.1 Å². The summed E-state index contributed by atoms with van der Waals surface area (Å²) in [5.41, 5.74) is 2.87. The molecule has 0 fully saturated rings. The maximum absolute atomic E-state index is 11.8. The van der Waals surface area contributed by atoms with Crippen molar-refractivity contribution >= 4 is 5.97 Å². The van der Waals surface area contributed by atoms with Crippen LogP contribution in [0.3, 0.4) is 0 Å². The fraction of sp³-hybridized carbons (Fsp3) is 0.250. The maximum Gasteiger partial charge on any atom is 0.333 e. The van der Waals surface area contributed by atoms with Crippen molar-refractivity contribution in [2.75, 3.05) is 0 Å². The van der Waals surface area contributed by atoms with E-state index < -0.39 is 0 Å². The third-order valence-electron chi connectivity index (χ3n) is 3.53. The van der Waals surface area contributed by atoms with E-state index in [0.717, 1.165) is 19.3 Å².